The summed E-state index contributed by atoms with van der Waals surface area (Å²) in [6.07, 6.45) is 0. The highest BCUT2D eigenvalue weighted by molar-refractivity contribution is 6.31. The van der Waals surface area contributed by atoms with Crippen molar-refractivity contribution in [2.75, 3.05) is 0 Å². The molecule has 0 atom stereocenters. The van der Waals surface area contributed by atoms with Gasteiger partial charge in [-0.05, 0) is 150 Å². The van der Waals surface area contributed by atoms with Gasteiger partial charge in [0.15, 0.2) is 0 Å². The summed E-state index contributed by atoms with van der Waals surface area (Å²) in [7, 11) is 0. The monoisotopic (exact) mass is 710 g/mol. The first-order chi connectivity index (χ1) is 27.4. The van der Waals surface area contributed by atoms with E-state index in [2.05, 4.69) is 197 Å². The number of hydrogen-bond acceptors (Lipinski definition) is 0. The smallest absolute Gasteiger partial charge is 0.000719 e. The lowest BCUT2D eigenvalue weighted by Crippen LogP contribution is -2.10. The quantitative estimate of drug-likeness (QED) is 0.160. The molecule has 10 aromatic rings. The molecule has 10 aromatic carbocycles. The molecular weight excluding hydrogens is 673 g/mol. The Balaban J connectivity index is 1.19. The number of rotatable bonds is 3. The van der Waals surface area contributed by atoms with Gasteiger partial charge in [-0.15, -0.1) is 0 Å². The largest absolute Gasteiger partial charge is 0.0622 e. The molecule has 0 saturated heterocycles. The topological polar surface area (TPSA) is 0 Å². The van der Waals surface area contributed by atoms with Crippen LogP contribution in [0.2, 0.25) is 0 Å². The van der Waals surface area contributed by atoms with E-state index < -0.39 is 0 Å². The van der Waals surface area contributed by atoms with Gasteiger partial charge in [-0.3, -0.25) is 0 Å². The molecule has 0 amide bonds. The van der Waals surface area contributed by atoms with Crippen LogP contribution in [-0.4, -0.2) is 0 Å². The van der Waals surface area contributed by atoms with E-state index in [-0.39, 0.29) is 5.41 Å². The molecule has 2 aliphatic carbocycles. The summed E-state index contributed by atoms with van der Waals surface area (Å²) in [4.78, 5) is 0. The molecule has 0 unspecified atom stereocenters. The Morgan fingerprint density at radius 2 is 0.875 bits per heavy atom. The zero-order valence-electron chi connectivity index (χ0n) is 31.7. The van der Waals surface area contributed by atoms with E-state index in [0.717, 1.165) is 0 Å². The second-order valence-corrected chi connectivity index (χ2v) is 16.8. The first-order valence-electron chi connectivity index (χ1n) is 19.9. The molecule has 0 nitrogen and oxygen atoms in total. The molecule has 262 valence electrons. The summed E-state index contributed by atoms with van der Waals surface area (Å²) < 4.78 is 0. The van der Waals surface area contributed by atoms with Crippen molar-refractivity contribution in [2.45, 2.75) is 26.2 Å². The van der Waals surface area contributed by atoms with E-state index in [1.54, 1.807) is 0 Å². The summed E-state index contributed by atoms with van der Waals surface area (Å²) in [6, 6.07) is 66.4. The molecule has 0 heterocycles. The van der Waals surface area contributed by atoms with Crippen molar-refractivity contribution in [3.05, 3.63) is 181 Å². The van der Waals surface area contributed by atoms with Crippen LogP contribution in [0, 0.1) is 0 Å². The average Bonchev–Trinajstić information content (AvgIpc) is 3.74. The van der Waals surface area contributed by atoms with Gasteiger partial charge in [0.1, 0.15) is 0 Å². The van der Waals surface area contributed by atoms with E-state index in [0.29, 0.717) is 0 Å². The Kier molecular flexibility index (Phi) is 6.42. The van der Waals surface area contributed by atoms with Gasteiger partial charge < -0.3 is 0 Å². The second kappa shape index (κ2) is 11.4. The molecule has 0 fully saturated rings. The van der Waals surface area contributed by atoms with Gasteiger partial charge in [-0.1, -0.05) is 178 Å². The zero-order valence-corrected chi connectivity index (χ0v) is 31.7. The van der Waals surface area contributed by atoms with E-state index in [1.165, 1.54) is 127 Å². The minimum atomic E-state index is 0.0865. The Hall–Kier alpha value is -6.76. The molecule has 12 rings (SSSR count). The van der Waals surface area contributed by atoms with Gasteiger partial charge in [0, 0.05) is 0 Å². The summed E-state index contributed by atoms with van der Waals surface area (Å²) in [5.74, 6) is 0. The standard InChI is InChI=1S/C56H38/c1-56(2,3)37-25-27-40-44-29-28-39(42-20-12-22-43(52(42)44)47(40)32-37)36-24-26-45-48(30-36)51(34-16-8-5-9-17-34)55-49-31-35-18-10-11-19-38(35)41-21-13-23-46(53(41)49)54(55)50(45)33-14-6-4-7-15-33/h4-32H,1-3H3. The zero-order chi connectivity index (χ0) is 37.3. The molecule has 0 bridgehead atoms. The van der Waals surface area contributed by atoms with E-state index >= 15 is 0 Å². The molecule has 2 aliphatic rings. The van der Waals surface area contributed by atoms with Crippen LogP contribution in [0.25, 0.3) is 121 Å². The number of hydrogen-bond donors (Lipinski definition) is 0. The minimum Gasteiger partial charge on any atom is -0.0622 e. The maximum atomic E-state index is 2.50. The van der Waals surface area contributed by atoms with E-state index in [9.17, 15) is 0 Å². The first kappa shape index (κ1) is 31.6. The van der Waals surface area contributed by atoms with Crippen LogP contribution in [0.15, 0.2) is 176 Å². The van der Waals surface area contributed by atoms with Crippen LogP contribution >= 0.6 is 0 Å². The number of benzene rings is 10. The maximum absolute atomic E-state index is 2.50. The highest BCUT2D eigenvalue weighted by atomic mass is 14.3. The van der Waals surface area contributed by atoms with Gasteiger partial charge in [0.2, 0.25) is 0 Å². The van der Waals surface area contributed by atoms with Gasteiger partial charge in [-0.2, -0.15) is 0 Å². The lowest BCUT2D eigenvalue weighted by molar-refractivity contribution is 0.590. The van der Waals surface area contributed by atoms with E-state index in [4.69, 9.17) is 0 Å². The van der Waals surface area contributed by atoms with Crippen molar-refractivity contribution >= 4 is 43.1 Å². The lowest BCUT2D eigenvalue weighted by Gasteiger charge is -2.21. The highest BCUT2D eigenvalue weighted by Gasteiger charge is 2.32. The third kappa shape index (κ3) is 4.30. The summed E-state index contributed by atoms with van der Waals surface area (Å²) >= 11 is 0. The predicted molar refractivity (Wildman–Crippen MR) is 240 cm³/mol. The van der Waals surface area contributed by atoms with Gasteiger partial charge >= 0.3 is 0 Å². The SMILES string of the molecule is CC(C)(C)c1ccc2c(c1)-c1cccc3c(-c4ccc5c(-c6ccccc6)c6c(c(-c7ccccc7)c5c4)-c4cc5ccccc5c5cccc-6c45)ccc-2c13. The molecule has 0 radical (unpaired) electrons. The van der Waals surface area contributed by atoms with Crippen molar-refractivity contribution in [1.82, 2.24) is 0 Å². The van der Waals surface area contributed by atoms with Gasteiger partial charge in [0.25, 0.3) is 0 Å². The third-order valence-electron chi connectivity index (χ3n) is 12.7. The van der Waals surface area contributed by atoms with Crippen LogP contribution in [0.4, 0.5) is 0 Å². The van der Waals surface area contributed by atoms with Gasteiger partial charge in [0.05, 0.1) is 0 Å². The fourth-order valence-electron chi connectivity index (χ4n) is 10.1. The van der Waals surface area contributed by atoms with Crippen molar-refractivity contribution in [2.24, 2.45) is 0 Å². The fraction of sp³-hybridized carbons (Fsp3) is 0.0714. The normalized spacial score (nSPS) is 12.6. The fourth-order valence-corrected chi connectivity index (χ4v) is 10.1. The third-order valence-corrected chi connectivity index (χ3v) is 12.7. The van der Waals surface area contributed by atoms with Crippen LogP contribution in [-0.2, 0) is 5.41 Å². The number of fused-ring (bicyclic) bond motifs is 9. The molecule has 0 N–H and O–H groups in total. The van der Waals surface area contributed by atoms with Gasteiger partial charge in [-0.25, -0.2) is 0 Å². The van der Waals surface area contributed by atoms with Crippen molar-refractivity contribution in [3.8, 4) is 77.9 Å². The van der Waals surface area contributed by atoms with Crippen molar-refractivity contribution < 1.29 is 0 Å². The lowest BCUT2D eigenvalue weighted by atomic mass is 9.81. The van der Waals surface area contributed by atoms with Crippen LogP contribution in [0.3, 0.4) is 0 Å². The molecule has 0 aromatic heterocycles. The van der Waals surface area contributed by atoms with Crippen molar-refractivity contribution in [3.63, 3.8) is 0 Å². The molecular formula is C56H38. The molecule has 0 saturated carbocycles. The minimum absolute atomic E-state index is 0.0865. The molecule has 0 spiro atoms. The molecule has 0 aliphatic heterocycles. The second-order valence-electron chi connectivity index (χ2n) is 16.8. The van der Waals surface area contributed by atoms with Crippen LogP contribution in [0.5, 0.6) is 0 Å². The Morgan fingerprint density at radius 3 is 1.64 bits per heavy atom. The molecule has 56 heavy (non-hydrogen) atoms. The maximum Gasteiger partial charge on any atom is -0.000719 e. The first-order valence-corrected chi connectivity index (χ1v) is 19.9. The Labute approximate surface area is 327 Å². The van der Waals surface area contributed by atoms with Crippen LogP contribution in [0.1, 0.15) is 26.3 Å². The Morgan fingerprint density at radius 1 is 0.286 bits per heavy atom. The predicted octanol–water partition coefficient (Wildman–Crippen LogP) is 15.9. The Bertz CT molecular complexity index is 3300. The highest BCUT2D eigenvalue weighted by Crippen LogP contribution is 2.59. The summed E-state index contributed by atoms with van der Waals surface area (Å²) in [6.45, 7) is 6.91. The average molecular weight is 711 g/mol. The summed E-state index contributed by atoms with van der Waals surface area (Å²) in [5, 5.41) is 10.5. The van der Waals surface area contributed by atoms with Crippen molar-refractivity contribution in [1.29, 1.82) is 0 Å². The molecule has 0 heteroatoms. The summed E-state index contributed by atoms with van der Waals surface area (Å²) in [5.41, 5.74) is 19.7. The van der Waals surface area contributed by atoms with E-state index in [1.807, 2.05) is 0 Å². The van der Waals surface area contributed by atoms with Crippen LogP contribution < -0.4 is 0 Å².